The summed E-state index contributed by atoms with van der Waals surface area (Å²) in [4.78, 5) is 64.0. The Morgan fingerprint density at radius 3 is 2.39 bits per heavy atom. The Hall–Kier alpha value is -4.65. The third-order valence-corrected chi connectivity index (χ3v) is 7.79. The lowest BCUT2D eigenvalue weighted by Crippen LogP contribution is -2.54. The summed E-state index contributed by atoms with van der Waals surface area (Å²) in [7, 11) is 0. The van der Waals surface area contributed by atoms with Gasteiger partial charge in [0.1, 0.15) is 24.5 Å². The molecule has 0 spiro atoms. The summed E-state index contributed by atoms with van der Waals surface area (Å²) in [5.41, 5.74) is 1.88. The first-order valence-electron chi connectivity index (χ1n) is 15.8. The average molecular weight is 632 g/mol. The molecule has 0 saturated heterocycles. The largest absolute Gasteiger partial charge is 0.353 e. The molecule has 0 bridgehead atoms. The second-order valence-corrected chi connectivity index (χ2v) is 12.0. The molecule has 3 heterocycles. The molecule has 13 heteroatoms. The van der Waals surface area contributed by atoms with Crippen molar-refractivity contribution in [3.63, 3.8) is 0 Å². The molecule has 0 aliphatic carbocycles. The molecule has 46 heavy (non-hydrogen) atoms. The number of aryl methyl sites for hydroxylation is 1. The van der Waals surface area contributed by atoms with E-state index in [0.29, 0.717) is 44.2 Å². The van der Waals surface area contributed by atoms with Gasteiger partial charge in [-0.3, -0.25) is 29.1 Å². The number of benzene rings is 1. The Morgan fingerprint density at radius 1 is 0.913 bits per heavy atom. The van der Waals surface area contributed by atoms with Crippen molar-refractivity contribution in [2.24, 2.45) is 5.92 Å². The van der Waals surface area contributed by atoms with E-state index in [1.807, 2.05) is 56.3 Å². The van der Waals surface area contributed by atoms with Crippen LogP contribution in [0.1, 0.15) is 62.4 Å². The highest BCUT2D eigenvalue weighted by molar-refractivity contribution is 5.92. The minimum Gasteiger partial charge on any atom is -0.353 e. The number of nitrogens with zero attached hydrogens (tertiary/aromatic N) is 5. The highest BCUT2D eigenvalue weighted by atomic mass is 16.2. The van der Waals surface area contributed by atoms with Crippen molar-refractivity contribution in [1.29, 1.82) is 0 Å². The van der Waals surface area contributed by atoms with Gasteiger partial charge in [0.15, 0.2) is 5.82 Å². The fraction of sp³-hybridized carbons (Fsp3) is 0.485. The molecule has 246 valence electrons. The monoisotopic (exact) mass is 631 g/mol. The molecule has 13 nitrogen and oxygen atoms in total. The third-order valence-electron chi connectivity index (χ3n) is 7.79. The van der Waals surface area contributed by atoms with Crippen LogP contribution in [0.3, 0.4) is 0 Å². The van der Waals surface area contributed by atoms with Gasteiger partial charge in [0.25, 0.3) is 0 Å². The summed E-state index contributed by atoms with van der Waals surface area (Å²) in [6.07, 6.45) is 4.52. The molecule has 0 radical (unpaired) electrons. The fourth-order valence-electron chi connectivity index (χ4n) is 5.36. The van der Waals surface area contributed by atoms with Crippen LogP contribution in [0.5, 0.6) is 0 Å². The predicted molar refractivity (Wildman–Crippen MR) is 172 cm³/mol. The van der Waals surface area contributed by atoms with Gasteiger partial charge in [0.05, 0.1) is 6.04 Å². The standard InChI is InChI=1S/C33H45N9O4/c1-22(2)30-31-37-24(4)40-42(31)21-29(44)35-15-17-41(20-26-12-8-14-34-19-26)16-9-13-28(43)36-23(3)32(45)38-27(33(46)39-30)18-25-10-6-5-7-11-25/h5-8,10-12,14,19,22-23,27,30H,9,13,15-18,20-21H2,1-4H3,(H,35,44)(H,36,43)(H,38,45)(H,39,46)/t23-,27+,30-/m0/s1. The predicted octanol–water partition coefficient (Wildman–Crippen LogP) is 1.44. The van der Waals surface area contributed by atoms with Crippen LogP contribution >= 0.6 is 0 Å². The maximum absolute atomic E-state index is 13.8. The van der Waals surface area contributed by atoms with Gasteiger partial charge in [-0.15, -0.1) is 0 Å². The normalized spacial score (nSPS) is 21.5. The summed E-state index contributed by atoms with van der Waals surface area (Å²) in [5, 5.41) is 16.1. The van der Waals surface area contributed by atoms with Crippen molar-refractivity contribution in [3.8, 4) is 0 Å². The van der Waals surface area contributed by atoms with Gasteiger partial charge < -0.3 is 21.3 Å². The molecule has 4 amide bonds. The molecular weight excluding hydrogens is 586 g/mol. The van der Waals surface area contributed by atoms with Crippen molar-refractivity contribution >= 4 is 23.6 Å². The molecule has 0 unspecified atom stereocenters. The number of aromatic nitrogens is 4. The summed E-state index contributed by atoms with van der Waals surface area (Å²) in [5.74, 6) is -0.553. The number of fused-ring (bicyclic) bond motifs is 1. The van der Waals surface area contributed by atoms with Crippen LogP contribution in [-0.2, 0) is 38.7 Å². The van der Waals surface area contributed by atoms with Gasteiger partial charge in [-0.05, 0) is 49.9 Å². The summed E-state index contributed by atoms with van der Waals surface area (Å²) >= 11 is 0. The van der Waals surface area contributed by atoms with E-state index in [2.05, 4.69) is 41.2 Å². The van der Waals surface area contributed by atoms with Crippen molar-refractivity contribution in [1.82, 2.24) is 45.9 Å². The number of carbonyl (C=O) groups is 4. The van der Waals surface area contributed by atoms with Gasteiger partial charge in [-0.1, -0.05) is 50.2 Å². The molecule has 1 aliphatic heterocycles. The SMILES string of the molecule is Cc1nc2n(n1)CC(=O)NCCN(Cc1cccnc1)CCCC(=O)N[C@@H](C)C(=O)N[C@H](Cc1ccccc1)C(=O)N[C@H]2C(C)C. The zero-order valence-electron chi connectivity index (χ0n) is 27.0. The van der Waals surface area contributed by atoms with Gasteiger partial charge in [0.2, 0.25) is 23.6 Å². The summed E-state index contributed by atoms with van der Waals surface area (Å²) in [6, 6.07) is 10.9. The quantitative estimate of drug-likeness (QED) is 0.329. The molecule has 2 aromatic heterocycles. The number of hydrogen-bond acceptors (Lipinski definition) is 8. The van der Waals surface area contributed by atoms with E-state index in [-0.39, 0.29) is 37.1 Å². The lowest BCUT2D eigenvalue weighted by molar-refractivity contribution is -0.132. The van der Waals surface area contributed by atoms with E-state index in [1.165, 1.54) is 4.68 Å². The number of hydrogen-bond donors (Lipinski definition) is 4. The Balaban J connectivity index is 1.60. The van der Waals surface area contributed by atoms with Crippen molar-refractivity contribution in [2.45, 2.75) is 78.2 Å². The van der Waals surface area contributed by atoms with E-state index in [4.69, 9.17) is 0 Å². The Morgan fingerprint density at radius 2 is 1.67 bits per heavy atom. The number of nitrogens with one attached hydrogen (secondary N) is 4. The molecule has 3 aromatic rings. The molecule has 1 aromatic carbocycles. The first-order chi connectivity index (χ1) is 22.1. The van der Waals surface area contributed by atoms with Crippen LogP contribution in [0.2, 0.25) is 0 Å². The van der Waals surface area contributed by atoms with Gasteiger partial charge in [-0.25, -0.2) is 9.67 Å². The molecule has 4 N–H and O–H groups in total. The maximum atomic E-state index is 13.8. The maximum Gasteiger partial charge on any atom is 0.243 e. The molecule has 0 saturated carbocycles. The Kier molecular flexibility index (Phi) is 12.4. The first-order valence-corrected chi connectivity index (χ1v) is 15.8. The van der Waals surface area contributed by atoms with Crippen LogP contribution in [0, 0.1) is 12.8 Å². The van der Waals surface area contributed by atoms with Crippen molar-refractivity contribution in [3.05, 3.63) is 77.6 Å². The zero-order valence-corrected chi connectivity index (χ0v) is 27.0. The van der Waals surface area contributed by atoms with E-state index >= 15 is 0 Å². The lowest BCUT2D eigenvalue weighted by atomic mass is 10.0. The van der Waals surface area contributed by atoms with Crippen LogP contribution in [0.15, 0.2) is 54.9 Å². The lowest BCUT2D eigenvalue weighted by Gasteiger charge is -2.27. The minimum atomic E-state index is -0.928. The van der Waals surface area contributed by atoms with Gasteiger partial charge in [0, 0.05) is 44.9 Å². The highest BCUT2D eigenvalue weighted by Gasteiger charge is 2.30. The first kappa shape index (κ1) is 34.2. The number of pyridine rings is 1. The Bertz CT molecular complexity index is 1460. The van der Waals surface area contributed by atoms with Crippen LogP contribution in [-0.4, -0.2) is 80.0 Å². The molecule has 4 rings (SSSR count). The number of amides is 4. The summed E-state index contributed by atoms with van der Waals surface area (Å²) < 4.78 is 1.53. The zero-order chi connectivity index (χ0) is 33.1. The van der Waals surface area contributed by atoms with E-state index in [1.54, 1.807) is 26.2 Å². The van der Waals surface area contributed by atoms with Crippen LogP contribution in [0.4, 0.5) is 0 Å². The van der Waals surface area contributed by atoms with E-state index < -0.39 is 29.9 Å². The molecule has 0 fully saturated rings. The van der Waals surface area contributed by atoms with Crippen molar-refractivity contribution < 1.29 is 19.2 Å². The Labute approximate surface area is 269 Å². The average Bonchev–Trinajstić information content (AvgIpc) is 3.38. The topological polar surface area (TPSA) is 163 Å². The third kappa shape index (κ3) is 10.2. The van der Waals surface area contributed by atoms with Crippen LogP contribution < -0.4 is 21.3 Å². The second kappa shape index (κ2) is 16.6. The molecule has 1 aliphatic rings. The molecular formula is C33H45N9O4. The van der Waals surface area contributed by atoms with Crippen molar-refractivity contribution in [2.75, 3.05) is 19.6 Å². The van der Waals surface area contributed by atoms with Crippen LogP contribution in [0.25, 0.3) is 0 Å². The van der Waals surface area contributed by atoms with E-state index in [0.717, 1.165) is 11.1 Å². The molecule has 3 atom stereocenters. The summed E-state index contributed by atoms with van der Waals surface area (Å²) in [6.45, 7) is 9.30. The number of carbonyl (C=O) groups excluding carboxylic acids is 4. The highest BCUT2D eigenvalue weighted by Crippen LogP contribution is 2.21. The minimum absolute atomic E-state index is 0.0697. The van der Waals surface area contributed by atoms with Gasteiger partial charge >= 0.3 is 0 Å². The smallest absolute Gasteiger partial charge is 0.243 e. The number of rotatable bonds is 5. The second-order valence-electron chi connectivity index (χ2n) is 12.0. The van der Waals surface area contributed by atoms with E-state index in [9.17, 15) is 19.2 Å². The fourth-order valence-corrected chi connectivity index (χ4v) is 5.36. The van der Waals surface area contributed by atoms with Gasteiger partial charge in [-0.2, -0.15) is 5.10 Å².